The van der Waals surface area contributed by atoms with Gasteiger partial charge in [-0.3, -0.25) is 0 Å². The Morgan fingerprint density at radius 2 is 1.64 bits per heavy atom. The predicted octanol–water partition coefficient (Wildman–Crippen LogP) is 4.74. The lowest BCUT2D eigenvalue weighted by Gasteiger charge is -2.17. The average Bonchev–Trinajstić information content (AvgIpc) is 2.70. The molecule has 1 aromatic rings. The van der Waals surface area contributed by atoms with Crippen molar-refractivity contribution in [2.75, 3.05) is 0 Å². The van der Waals surface area contributed by atoms with Crippen LogP contribution in [-0.2, 0) is 10.0 Å². The average molecular weight is 356 g/mol. The van der Waals surface area contributed by atoms with E-state index in [0.717, 1.165) is 24.8 Å². The number of hydrogen-bond acceptors (Lipinski definition) is 2. The third kappa shape index (κ3) is 4.02. The number of benzene rings is 1. The van der Waals surface area contributed by atoms with E-state index in [1.54, 1.807) is 12.1 Å². The van der Waals surface area contributed by atoms with Gasteiger partial charge >= 0.3 is 0 Å². The van der Waals surface area contributed by atoms with Crippen molar-refractivity contribution in [1.82, 2.24) is 0 Å². The minimum atomic E-state index is -3.66. The van der Waals surface area contributed by atoms with Crippen LogP contribution in [0.3, 0.4) is 0 Å². The van der Waals surface area contributed by atoms with Crippen LogP contribution in [0.25, 0.3) is 5.57 Å². The Morgan fingerprint density at radius 1 is 1.00 bits per heavy atom. The van der Waals surface area contributed by atoms with Gasteiger partial charge in [-0.1, -0.05) is 55.9 Å². The van der Waals surface area contributed by atoms with Gasteiger partial charge in [0.2, 0.25) is 10.0 Å². The highest BCUT2D eigenvalue weighted by Crippen LogP contribution is 2.48. The van der Waals surface area contributed by atoms with Crippen molar-refractivity contribution in [1.29, 1.82) is 0 Å². The molecular weight excluding hydrogens is 330 g/mol. The van der Waals surface area contributed by atoms with E-state index in [0.29, 0.717) is 0 Å². The maximum Gasteiger partial charge on any atom is 0.238 e. The summed E-state index contributed by atoms with van der Waals surface area (Å²) in [5, 5.41) is 5.21. The summed E-state index contributed by atoms with van der Waals surface area (Å²) in [5.74, 6) is 0. The minimum absolute atomic E-state index is 0.155. The lowest BCUT2D eigenvalue weighted by atomic mass is 9.87. The van der Waals surface area contributed by atoms with E-state index in [2.05, 4.69) is 45.1 Å². The van der Waals surface area contributed by atoms with Crippen molar-refractivity contribution >= 4 is 15.6 Å². The molecule has 0 heterocycles. The molecule has 25 heavy (non-hydrogen) atoms. The molecule has 0 bridgehead atoms. The monoisotopic (exact) mass is 355 g/mol. The van der Waals surface area contributed by atoms with Gasteiger partial charge in [-0.2, -0.15) is 0 Å². The molecule has 2 N–H and O–H groups in total. The van der Waals surface area contributed by atoms with Crippen molar-refractivity contribution in [3.05, 3.63) is 70.9 Å². The highest BCUT2D eigenvalue weighted by Gasteiger charge is 2.32. The number of primary sulfonamides is 1. The van der Waals surface area contributed by atoms with Crippen LogP contribution in [0.15, 0.2) is 70.2 Å². The fourth-order valence-corrected chi connectivity index (χ4v) is 4.08. The first kappa shape index (κ1) is 17.9. The van der Waals surface area contributed by atoms with Crippen LogP contribution < -0.4 is 5.14 Å². The second kappa shape index (κ2) is 6.43. The molecule has 2 aliphatic carbocycles. The van der Waals surface area contributed by atoms with E-state index in [9.17, 15) is 8.42 Å². The van der Waals surface area contributed by atoms with Crippen LogP contribution in [0.5, 0.6) is 0 Å². The van der Waals surface area contributed by atoms with Gasteiger partial charge in [0.15, 0.2) is 0 Å². The van der Waals surface area contributed by atoms with E-state index >= 15 is 0 Å². The van der Waals surface area contributed by atoms with Gasteiger partial charge in [-0.25, -0.2) is 13.6 Å². The molecule has 4 heteroatoms. The molecule has 0 aliphatic heterocycles. The third-order valence-corrected chi connectivity index (χ3v) is 5.77. The van der Waals surface area contributed by atoms with Crippen molar-refractivity contribution in [2.24, 2.45) is 10.6 Å². The maximum atomic E-state index is 11.5. The fourth-order valence-electron chi connectivity index (χ4n) is 3.56. The zero-order valence-electron chi connectivity index (χ0n) is 15.0. The topological polar surface area (TPSA) is 60.2 Å². The summed E-state index contributed by atoms with van der Waals surface area (Å²) < 4.78 is 23.0. The Labute approximate surface area is 150 Å². The molecule has 2 aliphatic rings. The molecule has 0 saturated carbocycles. The van der Waals surface area contributed by atoms with E-state index in [4.69, 9.17) is 5.14 Å². The first-order valence-corrected chi connectivity index (χ1v) is 10.1. The van der Waals surface area contributed by atoms with Gasteiger partial charge in [0, 0.05) is 0 Å². The standard InChI is InChI=1S/C21H25NO2S/c1-15-5-4-6-16(8-7-15)19-13-21(2,3)14-20(19)17-9-11-18(12-10-17)25(22,23)24/h4,6-12H,5,13-14H2,1-3H3,(H2,22,23,24). The molecular formula is C21H25NO2S. The predicted molar refractivity (Wildman–Crippen MR) is 103 cm³/mol. The largest absolute Gasteiger partial charge is 0.238 e. The first-order chi connectivity index (χ1) is 11.7. The second-order valence-electron chi connectivity index (χ2n) is 7.79. The Morgan fingerprint density at radius 3 is 2.28 bits per heavy atom. The summed E-state index contributed by atoms with van der Waals surface area (Å²) in [5.41, 5.74) is 6.54. The molecule has 0 amide bonds. The Hall–Kier alpha value is -1.91. The van der Waals surface area contributed by atoms with Gasteiger partial charge in [0.05, 0.1) is 4.90 Å². The molecule has 132 valence electrons. The zero-order chi connectivity index (χ0) is 18.2. The number of hydrogen-bond donors (Lipinski definition) is 1. The van der Waals surface area contributed by atoms with Gasteiger partial charge in [-0.05, 0) is 66.0 Å². The van der Waals surface area contributed by atoms with Crippen LogP contribution >= 0.6 is 0 Å². The highest BCUT2D eigenvalue weighted by atomic mass is 32.2. The van der Waals surface area contributed by atoms with Gasteiger partial charge in [-0.15, -0.1) is 0 Å². The lowest BCUT2D eigenvalue weighted by molar-refractivity contribution is 0.398. The molecule has 0 unspecified atom stereocenters. The first-order valence-electron chi connectivity index (χ1n) is 8.55. The van der Waals surface area contributed by atoms with Crippen LogP contribution in [0.2, 0.25) is 0 Å². The second-order valence-corrected chi connectivity index (χ2v) is 9.35. The fraction of sp³-hybridized carbons (Fsp3) is 0.333. The van der Waals surface area contributed by atoms with Crippen LogP contribution in [0, 0.1) is 5.41 Å². The summed E-state index contributed by atoms with van der Waals surface area (Å²) >= 11 is 0. The van der Waals surface area contributed by atoms with E-state index in [1.165, 1.54) is 22.3 Å². The summed E-state index contributed by atoms with van der Waals surface area (Å²) in [4.78, 5) is 0.155. The zero-order valence-corrected chi connectivity index (χ0v) is 15.9. The molecule has 0 spiro atoms. The van der Waals surface area contributed by atoms with Crippen LogP contribution in [-0.4, -0.2) is 8.42 Å². The van der Waals surface area contributed by atoms with Crippen molar-refractivity contribution < 1.29 is 8.42 Å². The molecule has 0 fully saturated rings. The molecule has 3 rings (SSSR count). The van der Waals surface area contributed by atoms with Crippen LogP contribution in [0.4, 0.5) is 0 Å². The number of allylic oxidation sites excluding steroid dienone is 8. The number of rotatable bonds is 3. The van der Waals surface area contributed by atoms with Crippen molar-refractivity contribution in [3.8, 4) is 0 Å². The van der Waals surface area contributed by atoms with Gasteiger partial charge < -0.3 is 0 Å². The Kier molecular flexibility index (Phi) is 4.60. The molecule has 0 radical (unpaired) electrons. The molecule has 0 aromatic heterocycles. The molecule has 1 aromatic carbocycles. The Balaban J connectivity index is 2.07. The summed E-state index contributed by atoms with van der Waals surface area (Å²) in [6, 6.07) is 6.95. The SMILES string of the molecule is CC1=CC=C(C2=C(c3ccc(S(N)(=O)=O)cc3)CC(C)(C)C2)C=CC1. The highest BCUT2D eigenvalue weighted by molar-refractivity contribution is 7.89. The lowest BCUT2D eigenvalue weighted by Crippen LogP contribution is -2.11. The van der Waals surface area contributed by atoms with Gasteiger partial charge in [0.1, 0.15) is 0 Å². The quantitative estimate of drug-likeness (QED) is 0.851. The van der Waals surface area contributed by atoms with E-state index < -0.39 is 10.0 Å². The normalized spacial score (nSPS) is 20.3. The van der Waals surface area contributed by atoms with Crippen LogP contribution in [0.1, 0.15) is 45.6 Å². The van der Waals surface area contributed by atoms with E-state index in [-0.39, 0.29) is 10.3 Å². The summed E-state index contributed by atoms with van der Waals surface area (Å²) in [6.07, 6.45) is 11.8. The molecule has 0 saturated heterocycles. The molecule has 3 nitrogen and oxygen atoms in total. The number of sulfonamides is 1. The minimum Gasteiger partial charge on any atom is -0.225 e. The molecule has 0 atom stereocenters. The van der Waals surface area contributed by atoms with Crippen molar-refractivity contribution in [3.63, 3.8) is 0 Å². The number of nitrogens with two attached hydrogens (primary N) is 1. The van der Waals surface area contributed by atoms with E-state index in [1.807, 2.05) is 12.1 Å². The van der Waals surface area contributed by atoms with Gasteiger partial charge in [0.25, 0.3) is 0 Å². The third-order valence-electron chi connectivity index (χ3n) is 4.84. The Bertz CT molecular complexity index is 911. The summed E-state index contributed by atoms with van der Waals surface area (Å²) in [7, 11) is -3.66. The van der Waals surface area contributed by atoms with Crippen molar-refractivity contribution in [2.45, 2.75) is 44.9 Å². The maximum absolute atomic E-state index is 11.5. The summed E-state index contributed by atoms with van der Waals surface area (Å²) in [6.45, 7) is 6.70. The smallest absolute Gasteiger partial charge is 0.225 e.